The Bertz CT molecular complexity index is 573. The van der Waals surface area contributed by atoms with Gasteiger partial charge < -0.3 is 0 Å². The fourth-order valence-corrected chi connectivity index (χ4v) is 2.10. The molecule has 2 aromatic rings. The van der Waals surface area contributed by atoms with Crippen molar-refractivity contribution in [2.75, 3.05) is 0 Å². The zero-order chi connectivity index (χ0) is 12.6. The minimum absolute atomic E-state index is 0.137. The summed E-state index contributed by atoms with van der Waals surface area (Å²) in [6, 6.07) is 7.88. The number of halogens is 1. The SMILES string of the molecule is Cc1ccc(-c2c(F)c(C)cc[n+]2C)c(C)c1. The predicted molar refractivity (Wildman–Crippen MR) is 67.2 cm³/mol. The van der Waals surface area contributed by atoms with Crippen LogP contribution in [0.3, 0.4) is 0 Å². The van der Waals surface area contributed by atoms with Crippen LogP contribution < -0.4 is 4.57 Å². The van der Waals surface area contributed by atoms with Crippen LogP contribution in [0.4, 0.5) is 4.39 Å². The highest BCUT2D eigenvalue weighted by molar-refractivity contribution is 5.62. The van der Waals surface area contributed by atoms with E-state index in [0.717, 1.165) is 11.1 Å². The summed E-state index contributed by atoms with van der Waals surface area (Å²) < 4.78 is 16.0. The molecule has 0 N–H and O–H groups in total. The maximum absolute atomic E-state index is 14.2. The first-order chi connectivity index (χ1) is 8.00. The lowest BCUT2D eigenvalue weighted by atomic mass is 10.0. The number of hydrogen-bond donors (Lipinski definition) is 0. The van der Waals surface area contributed by atoms with E-state index in [1.165, 1.54) is 5.56 Å². The minimum Gasteiger partial charge on any atom is -0.199 e. The lowest BCUT2D eigenvalue weighted by molar-refractivity contribution is -0.661. The topological polar surface area (TPSA) is 3.88 Å². The Kier molecular flexibility index (Phi) is 2.97. The van der Waals surface area contributed by atoms with Crippen LogP contribution in [0.2, 0.25) is 0 Å². The summed E-state index contributed by atoms with van der Waals surface area (Å²) in [5.41, 5.74) is 4.59. The molecular formula is C15H17FN+. The van der Waals surface area contributed by atoms with E-state index in [0.29, 0.717) is 11.3 Å². The number of aryl methyl sites for hydroxylation is 4. The molecular weight excluding hydrogens is 213 g/mol. The van der Waals surface area contributed by atoms with Gasteiger partial charge in [-0.2, -0.15) is 8.96 Å². The molecule has 1 aromatic carbocycles. The standard InChI is InChI=1S/C15H17FN/c1-10-5-6-13(12(3)9-10)15-14(16)11(2)7-8-17(15)4/h5-9H,1-4H3/q+1. The van der Waals surface area contributed by atoms with Crippen molar-refractivity contribution >= 4 is 0 Å². The molecule has 1 heterocycles. The Balaban J connectivity index is 2.72. The summed E-state index contributed by atoms with van der Waals surface area (Å²) in [4.78, 5) is 0. The molecule has 17 heavy (non-hydrogen) atoms. The molecule has 0 fully saturated rings. The second-order valence-corrected chi connectivity index (χ2v) is 4.59. The normalized spacial score (nSPS) is 10.6. The highest BCUT2D eigenvalue weighted by atomic mass is 19.1. The van der Waals surface area contributed by atoms with Crippen molar-refractivity contribution in [3.05, 3.63) is 53.0 Å². The van der Waals surface area contributed by atoms with Crippen molar-refractivity contribution in [1.82, 2.24) is 0 Å². The fourth-order valence-electron chi connectivity index (χ4n) is 2.10. The third kappa shape index (κ3) is 2.07. The van der Waals surface area contributed by atoms with Crippen LogP contribution >= 0.6 is 0 Å². The van der Waals surface area contributed by atoms with Crippen LogP contribution in [0.15, 0.2) is 30.5 Å². The first kappa shape index (κ1) is 11.8. The molecule has 0 saturated carbocycles. The Hall–Kier alpha value is -1.70. The van der Waals surface area contributed by atoms with Crippen LogP contribution in [0.5, 0.6) is 0 Å². The lowest BCUT2D eigenvalue weighted by Crippen LogP contribution is -2.32. The molecule has 0 aliphatic heterocycles. The van der Waals surface area contributed by atoms with E-state index in [9.17, 15) is 4.39 Å². The van der Waals surface area contributed by atoms with Crippen molar-refractivity contribution < 1.29 is 8.96 Å². The maximum atomic E-state index is 14.2. The summed E-state index contributed by atoms with van der Waals surface area (Å²) in [5, 5.41) is 0. The van der Waals surface area contributed by atoms with Gasteiger partial charge in [0.1, 0.15) is 7.05 Å². The molecule has 0 amide bonds. The van der Waals surface area contributed by atoms with Gasteiger partial charge in [0.25, 0.3) is 0 Å². The van der Waals surface area contributed by atoms with Gasteiger partial charge in [0, 0.05) is 6.07 Å². The Morgan fingerprint density at radius 1 is 1.00 bits per heavy atom. The zero-order valence-corrected chi connectivity index (χ0v) is 10.7. The molecule has 88 valence electrons. The van der Waals surface area contributed by atoms with Gasteiger partial charge in [0.05, 0.1) is 5.56 Å². The van der Waals surface area contributed by atoms with E-state index < -0.39 is 0 Å². The fraction of sp³-hybridized carbons (Fsp3) is 0.267. The van der Waals surface area contributed by atoms with E-state index in [4.69, 9.17) is 0 Å². The minimum atomic E-state index is -0.137. The van der Waals surface area contributed by atoms with Gasteiger partial charge in [-0.1, -0.05) is 17.7 Å². The van der Waals surface area contributed by atoms with Gasteiger partial charge >= 0.3 is 0 Å². The molecule has 0 spiro atoms. The second kappa shape index (κ2) is 4.28. The molecule has 1 nitrogen and oxygen atoms in total. The van der Waals surface area contributed by atoms with Gasteiger partial charge in [-0.3, -0.25) is 0 Å². The number of pyridine rings is 1. The van der Waals surface area contributed by atoms with E-state index in [-0.39, 0.29) is 5.82 Å². The molecule has 2 rings (SSSR count). The number of benzene rings is 1. The number of hydrogen-bond acceptors (Lipinski definition) is 0. The van der Waals surface area contributed by atoms with Gasteiger partial charge in [-0.05, 0) is 38.0 Å². The average Bonchev–Trinajstić information content (AvgIpc) is 2.27. The zero-order valence-electron chi connectivity index (χ0n) is 10.7. The highest BCUT2D eigenvalue weighted by Crippen LogP contribution is 2.24. The van der Waals surface area contributed by atoms with Crippen LogP contribution in [0, 0.1) is 26.6 Å². The van der Waals surface area contributed by atoms with Crippen LogP contribution in [0.25, 0.3) is 11.3 Å². The predicted octanol–water partition coefficient (Wildman–Crippen LogP) is 3.24. The van der Waals surface area contributed by atoms with Gasteiger partial charge in [0.15, 0.2) is 12.0 Å². The summed E-state index contributed by atoms with van der Waals surface area (Å²) in [5.74, 6) is -0.137. The number of rotatable bonds is 1. The van der Waals surface area contributed by atoms with Crippen LogP contribution in [-0.4, -0.2) is 0 Å². The second-order valence-electron chi connectivity index (χ2n) is 4.59. The van der Waals surface area contributed by atoms with Crippen molar-refractivity contribution in [1.29, 1.82) is 0 Å². The van der Waals surface area contributed by atoms with Crippen molar-refractivity contribution in [3.63, 3.8) is 0 Å². The molecule has 0 aliphatic carbocycles. The smallest absolute Gasteiger partial charge is 0.199 e. The third-order valence-electron chi connectivity index (χ3n) is 3.09. The van der Waals surface area contributed by atoms with E-state index >= 15 is 0 Å². The first-order valence-electron chi connectivity index (χ1n) is 5.73. The molecule has 2 heteroatoms. The largest absolute Gasteiger partial charge is 0.248 e. The number of aromatic nitrogens is 1. The van der Waals surface area contributed by atoms with Crippen LogP contribution in [-0.2, 0) is 7.05 Å². The quantitative estimate of drug-likeness (QED) is 0.662. The number of nitrogens with zero attached hydrogens (tertiary/aromatic N) is 1. The Morgan fingerprint density at radius 2 is 1.71 bits per heavy atom. The molecule has 0 aliphatic rings. The molecule has 0 unspecified atom stereocenters. The Morgan fingerprint density at radius 3 is 2.35 bits per heavy atom. The van der Waals surface area contributed by atoms with Crippen molar-refractivity contribution in [2.45, 2.75) is 20.8 Å². The highest BCUT2D eigenvalue weighted by Gasteiger charge is 2.19. The summed E-state index contributed by atoms with van der Waals surface area (Å²) in [7, 11) is 1.87. The van der Waals surface area contributed by atoms with E-state index in [1.807, 2.05) is 43.8 Å². The molecule has 0 bridgehead atoms. The van der Waals surface area contributed by atoms with Crippen LogP contribution in [0.1, 0.15) is 16.7 Å². The van der Waals surface area contributed by atoms with Gasteiger partial charge in [0.2, 0.25) is 5.69 Å². The van der Waals surface area contributed by atoms with Crippen molar-refractivity contribution in [2.24, 2.45) is 7.05 Å². The third-order valence-corrected chi connectivity index (χ3v) is 3.09. The first-order valence-corrected chi connectivity index (χ1v) is 5.73. The molecule has 0 radical (unpaired) electrons. The molecule has 0 atom stereocenters. The summed E-state index contributed by atoms with van der Waals surface area (Å²) >= 11 is 0. The van der Waals surface area contributed by atoms with E-state index in [2.05, 4.69) is 6.07 Å². The maximum Gasteiger partial charge on any atom is 0.248 e. The van der Waals surface area contributed by atoms with Gasteiger partial charge in [-0.25, -0.2) is 0 Å². The van der Waals surface area contributed by atoms with Crippen molar-refractivity contribution in [3.8, 4) is 11.3 Å². The summed E-state index contributed by atoms with van der Waals surface area (Å²) in [6.07, 6.45) is 1.90. The lowest BCUT2D eigenvalue weighted by Gasteiger charge is -2.07. The average molecular weight is 230 g/mol. The van der Waals surface area contributed by atoms with E-state index in [1.54, 1.807) is 13.0 Å². The molecule has 0 saturated heterocycles. The molecule has 1 aromatic heterocycles. The summed E-state index contributed by atoms with van der Waals surface area (Å²) in [6.45, 7) is 5.86. The Labute approximate surface area is 102 Å². The monoisotopic (exact) mass is 230 g/mol. The van der Waals surface area contributed by atoms with Gasteiger partial charge in [-0.15, -0.1) is 0 Å².